The van der Waals surface area contributed by atoms with Crippen molar-refractivity contribution in [3.05, 3.63) is 0 Å². The third-order valence-corrected chi connectivity index (χ3v) is 3.52. The highest BCUT2D eigenvalue weighted by Crippen LogP contribution is 2.33. The molecule has 0 amide bonds. The van der Waals surface area contributed by atoms with Gasteiger partial charge in [-0.25, -0.2) is 8.78 Å². The molecule has 0 bridgehead atoms. The number of hydrogen-bond acceptors (Lipinski definition) is 1. The van der Waals surface area contributed by atoms with Crippen LogP contribution in [0.5, 0.6) is 0 Å². The Morgan fingerprint density at radius 2 is 1.50 bits per heavy atom. The molecule has 0 aliphatic heterocycles. The molecule has 0 aromatic heterocycles. The van der Waals surface area contributed by atoms with Crippen molar-refractivity contribution in [2.75, 3.05) is 13.7 Å². The third kappa shape index (κ3) is 6.41. The predicted octanol–water partition coefficient (Wildman–Crippen LogP) is 4.65. The molecule has 0 aromatic carbocycles. The first-order chi connectivity index (χ1) is 7.39. The van der Waals surface area contributed by atoms with Gasteiger partial charge in [0.1, 0.15) is 0 Å². The van der Waals surface area contributed by atoms with E-state index in [1.807, 2.05) is 0 Å². The zero-order valence-corrected chi connectivity index (χ0v) is 11.1. The van der Waals surface area contributed by atoms with Crippen LogP contribution in [0, 0.1) is 5.41 Å². The Labute approximate surface area is 98.6 Å². The van der Waals surface area contributed by atoms with Crippen LogP contribution in [0.3, 0.4) is 0 Å². The molecule has 0 unspecified atom stereocenters. The summed E-state index contributed by atoms with van der Waals surface area (Å²) in [4.78, 5) is 0. The first-order valence-corrected chi connectivity index (χ1v) is 6.26. The van der Waals surface area contributed by atoms with Gasteiger partial charge in [-0.2, -0.15) is 0 Å². The quantitative estimate of drug-likeness (QED) is 0.529. The normalized spacial score (nSPS) is 13.1. The lowest BCUT2D eigenvalue weighted by atomic mass is 9.78. The van der Waals surface area contributed by atoms with Crippen LogP contribution < -0.4 is 0 Å². The van der Waals surface area contributed by atoms with Gasteiger partial charge in [-0.1, -0.05) is 20.3 Å². The van der Waals surface area contributed by atoms with Gasteiger partial charge < -0.3 is 4.74 Å². The SMILES string of the molecule is CCC(CC)(CCCCC(C)(F)F)COC. The first kappa shape index (κ1) is 15.8. The lowest BCUT2D eigenvalue weighted by Crippen LogP contribution is -2.25. The van der Waals surface area contributed by atoms with Crippen LogP contribution in [0.1, 0.15) is 59.3 Å². The van der Waals surface area contributed by atoms with Gasteiger partial charge in [-0.15, -0.1) is 0 Å². The Kier molecular flexibility index (Phi) is 7.12. The van der Waals surface area contributed by atoms with Crippen LogP contribution in [0.2, 0.25) is 0 Å². The van der Waals surface area contributed by atoms with Gasteiger partial charge in [0.25, 0.3) is 0 Å². The molecule has 0 spiro atoms. The van der Waals surface area contributed by atoms with Crippen molar-refractivity contribution in [3.63, 3.8) is 0 Å². The van der Waals surface area contributed by atoms with Gasteiger partial charge >= 0.3 is 0 Å². The summed E-state index contributed by atoms with van der Waals surface area (Å²) in [5.74, 6) is -2.51. The van der Waals surface area contributed by atoms with E-state index in [1.165, 1.54) is 0 Å². The van der Waals surface area contributed by atoms with Crippen molar-refractivity contribution >= 4 is 0 Å². The standard InChI is InChI=1S/C13H26F2O/c1-5-13(6-2,11-16-4)10-8-7-9-12(3,14)15/h5-11H2,1-4H3. The smallest absolute Gasteiger partial charge is 0.245 e. The second kappa shape index (κ2) is 7.21. The fourth-order valence-electron chi connectivity index (χ4n) is 2.12. The summed E-state index contributed by atoms with van der Waals surface area (Å²) in [6.07, 6.45) is 4.58. The largest absolute Gasteiger partial charge is 0.384 e. The van der Waals surface area contributed by atoms with Gasteiger partial charge in [0.2, 0.25) is 5.92 Å². The van der Waals surface area contributed by atoms with Crippen LogP contribution >= 0.6 is 0 Å². The van der Waals surface area contributed by atoms with Gasteiger partial charge in [-0.3, -0.25) is 0 Å². The average Bonchev–Trinajstić information content (AvgIpc) is 2.21. The second-order valence-electron chi connectivity index (χ2n) is 4.92. The highest BCUT2D eigenvalue weighted by molar-refractivity contribution is 4.76. The molecular weight excluding hydrogens is 210 g/mol. The number of unbranched alkanes of at least 4 members (excludes halogenated alkanes) is 1. The molecule has 16 heavy (non-hydrogen) atoms. The van der Waals surface area contributed by atoms with Crippen LogP contribution in [0.15, 0.2) is 0 Å². The molecule has 0 heterocycles. The summed E-state index contributed by atoms with van der Waals surface area (Å²) >= 11 is 0. The molecule has 0 aliphatic rings. The summed E-state index contributed by atoms with van der Waals surface area (Å²) < 4.78 is 30.5. The van der Waals surface area contributed by atoms with Gasteiger partial charge in [-0.05, 0) is 38.0 Å². The fourth-order valence-corrected chi connectivity index (χ4v) is 2.12. The molecule has 0 saturated heterocycles. The van der Waals surface area contributed by atoms with Crippen molar-refractivity contribution in [3.8, 4) is 0 Å². The third-order valence-electron chi connectivity index (χ3n) is 3.52. The Morgan fingerprint density at radius 1 is 1.00 bits per heavy atom. The molecule has 3 heteroatoms. The second-order valence-corrected chi connectivity index (χ2v) is 4.92. The van der Waals surface area contributed by atoms with Gasteiger partial charge in [0.15, 0.2) is 0 Å². The number of rotatable bonds is 9. The summed E-state index contributed by atoms with van der Waals surface area (Å²) in [5.41, 5.74) is 0.192. The first-order valence-electron chi connectivity index (χ1n) is 6.26. The highest BCUT2D eigenvalue weighted by atomic mass is 19.3. The van der Waals surface area contributed by atoms with Crippen molar-refractivity contribution in [2.45, 2.75) is 65.2 Å². The minimum atomic E-state index is -2.51. The number of hydrogen-bond donors (Lipinski definition) is 0. The number of methoxy groups -OCH3 is 1. The van der Waals surface area contributed by atoms with E-state index in [2.05, 4.69) is 13.8 Å². The zero-order chi connectivity index (χ0) is 12.7. The summed E-state index contributed by atoms with van der Waals surface area (Å²) in [6, 6.07) is 0. The predicted molar refractivity (Wildman–Crippen MR) is 64.0 cm³/mol. The minimum Gasteiger partial charge on any atom is -0.384 e. The van der Waals surface area contributed by atoms with E-state index < -0.39 is 5.92 Å². The molecular formula is C13H26F2O. The van der Waals surface area contributed by atoms with Crippen LogP contribution in [0.25, 0.3) is 0 Å². The van der Waals surface area contributed by atoms with Crippen molar-refractivity contribution in [1.29, 1.82) is 0 Å². The van der Waals surface area contributed by atoms with E-state index >= 15 is 0 Å². The lowest BCUT2D eigenvalue weighted by Gasteiger charge is -2.31. The highest BCUT2D eigenvalue weighted by Gasteiger charge is 2.26. The molecule has 98 valence electrons. The van der Waals surface area contributed by atoms with Gasteiger partial charge in [0, 0.05) is 13.5 Å². The van der Waals surface area contributed by atoms with E-state index in [4.69, 9.17) is 4.74 Å². The molecule has 0 aliphatic carbocycles. The van der Waals surface area contributed by atoms with E-state index in [9.17, 15) is 8.78 Å². The Balaban J connectivity index is 3.93. The monoisotopic (exact) mass is 236 g/mol. The summed E-state index contributed by atoms with van der Waals surface area (Å²) in [5, 5.41) is 0. The molecule has 1 nitrogen and oxygen atoms in total. The average molecular weight is 236 g/mol. The van der Waals surface area contributed by atoms with Gasteiger partial charge in [0.05, 0.1) is 6.61 Å². The van der Waals surface area contributed by atoms with Crippen molar-refractivity contribution < 1.29 is 13.5 Å². The topological polar surface area (TPSA) is 9.23 Å². The van der Waals surface area contributed by atoms with Crippen LogP contribution in [-0.2, 0) is 4.74 Å². The van der Waals surface area contributed by atoms with E-state index in [-0.39, 0.29) is 11.8 Å². The molecule has 0 aromatic rings. The number of ether oxygens (including phenoxy) is 1. The molecule has 0 fully saturated rings. The van der Waals surface area contributed by atoms with E-state index in [1.54, 1.807) is 7.11 Å². The maximum Gasteiger partial charge on any atom is 0.245 e. The maximum absolute atomic E-state index is 12.6. The lowest BCUT2D eigenvalue weighted by molar-refractivity contribution is 0.00772. The molecule has 0 radical (unpaired) electrons. The fraction of sp³-hybridized carbons (Fsp3) is 1.00. The van der Waals surface area contributed by atoms with E-state index in [0.29, 0.717) is 6.42 Å². The Morgan fingerprint density at radius 3 is 1.88 bits per heavy atom. The van der Waals surface area contributed by atoms with Crippen molar-refractivity contribution in [1.82, 2.24) is 0 Å². The molecule has 0 saturated carbocycles. The Bertz CT molecular complexity index is 171. The summed E-state index contributed by atoms with van der Waals surface area (Å²) in [7, 11) is 1.71. The maximum atomic E-state index is 12.6. The zero-order valence-electron chi connectivity index (χ0n) is 11.1. The van der Waals surface area contributed by atoms with E-state index in [0.717, 1.165) is 39.2 Å². The van der Waals surface area contributed by atoms with Crippen LogP contribution in [-0.4, -0.2) is 19.6 Å². The van der Waals surface area contributed by atoms with Crippen molar-refractivity contribution in [2.24, 2.45) is 5.41 Å². The van der Waals surface area contributed by atoms with Crippen LogP contribution in [0.4, 0.5) is 8.78 Å². The molecule has 0 rings (SSSR count). The summed E-state index contributed by atoms with van der Waals surface area (Å²) in [6.45, 7) is 6.03. The number of alkyl halides is 2. The number of halogens is 2. The minimum absolute atomic E-state index is 0.00346. The molecule has 0 atom stereocenters. The molecule has 0 N–H and O–H groups in total. The Hall–Kier alpha value is -0.180.